The minimum Gasteiger partial charge on any atom is -0.481 e. The van der Waals surface area contributed by atoms with E-state index in [9.17, 15) is 29.1 Å². The molecule has 29 heavy (non-hydrogen) atoms. The van der Waals surface area contributed by atoms with Gasteiger partial charge in [0.1, 0.15) is 18.6 Å². The Morgan fingerprint density at radius 3 is 1.97 bits per heavy atom. The van der Waals surface area contributed by atoms with Crippen LogP contribution >= 0.6 is 0 Å². The van der Waals surface area contributed by atoms with E-state index >= 15 is 0 Å². The van der Waals surface area contributed by atoms with Gasteiger partial charge in [0.2, 0.25) is 17.7 Å². The second-order valence-corrected chi connectivity index (χ2v) is 6.24. The summed E-state index contributed by atoms with van der Waals surface area (Å²) in [6, 6.07) is -3.73. The molecule has 3 atom stereocenters. The first kappa shape index (κ1) is 26.2. The zero-order valence-corrected chi connectivity index (χ0v) is 15.9. The first-order valence-electron chi connectivity index (χ1n) is 9.00. The number of rotatable bonds is 15. The number of carboxylic acids is 2. The SMILES string of the molecule is NCCCCC(N)C(=O)NC(CO)C(=O)NC(CCC(=O)O)C(=O)NCC(=O)O. The minimum atomic E-state index is -1.43. The van der Waals surface area contributed by atoms with E-state index in [1.807, 2.05) is 5.32 Å². The van der Waals surface area contributed by atoms with Gasteiger partial charge in [0.15, 0.2) is 0 Å². The van der Waals surface area contributed by atoms with E-state index in [1.54, 1.807) is 0 Å². The van der Waals surface area contributed by atoms with Crippen LogP contribution in [0.3, 0.4) is 0 Å². The summed E-state index contributed by atoms with van der Waals surface area (Å²) in [5.41, 5.74) is 11.1. The van der Waals surface area contributed by atoms with Crippen molar-refractivity contribution in [3.8, 4) is 0 Å². The van der Waals surface area contributed by atoms with Crippen molar-refractivity contribution in [3.05, 3.63) is 0 Å². The van der Waals surface area contributed by atoms with Crippen molar-refractivity contribution in [3.63, 3.8) is 0 Å². The summed E-state index contributed by atoms with van der Waals surface area (Å²) in [5, 5.41) is 33.2. The number of hydrogen-bond acceptors (Lipinski definition) is 8. The van der Waals surface area contributed by atoms with Crippen LogP contribution in [0.5, 0.6) is 0 Å². The molecule has 13 nitrogen and oxygen atoms in total. The Kier molecular flexibility index (Phi) is 12.9. The lowest BCUT2D eigenvalue weighted by Crippen LogP contribution is -2.57. The third-order valence-electron chi connectivity index (χ3n) is 3.82. The molecular weight excluding hydrogens is 390 g/mol. The van der Waals surface area contributed by atoms with Gasteiger partial charge in [-0.3, -0.25) is 24.0 Å². The van der Waals surface area contributed by atoms with Gasteiger partial charge in [-0.05, 0) is 25.8 Å². The number of unbranched alkanes of at least 4 members (excludes halogenated alkanes) is 1. The summed E-state index contributed by atoms with van der Waals surface area (Å²) in [6.45, 7) is -1.08. The van der Waals surface area contributed by atoms with Gasteiger partial charge in [0.05, 0.1) is 12.6 Å². The van der Waals surface area contributed by atoms with Gasteiger partial charge < -0.3 is 42.7 Å². The predicted octanol–water partition coefficient (Wildman–Crippen LogP) is -3.53. The van der Waals surface area contributed by atoms with Gasteiger partial charge in [0.25, 0.3) is 0 Å². The molecular formula is C16H29N5O8. The zero-order valence-electron chi connectivity index (χ0n) is 15.9. The lowest BCUT2D eigenvalue weighted by molar-refractivity contribution is -0.140. The number of carboxylic acid groups (broad SMARTS) is 2. The molecule has 0 saturated heterocycles. The number of nitrogens with one attached hydrogen (secondary N) is 3. The highest BCUT2D eigenvalue weighted by atomic mass is 16.4. The lowest BCUT2D eigenvalue weighted by atomic mass is 10.1. The average molecular weight is 419 g/mol. The number of carbonyl (C=O) groups excluding carboxylic acids is 3. The van der Waals surface area contributed by atoms with Crippen LogP contribution in [0, 0.1) is 0 Å². The molecule has 3 unspecified atom stereocenters. The molecule has 166 valence electrons. The van der Waals surface area contributed by atoms with Crippen LogP contribution in [0.15, 0.2) is 0 Å². The van der Waals surface area contributed by atoms with Crippen molar-refractivity contribution in [2.75, 3.05) is 19.7 Å². The van der Waals surface area contributed by atoms with Crippen LogP contribution in [-0.4, -0.2) is 82.8 Å². The highest BCUT2D eigenvalue weighted by Gasteiger charge is 2.28. The molecule has 0 rings (SSSR count). The molecule has 0 radical (unpaired) electrons. The van der Waals surface area contributed by atoms with Crippen molar-refractivity contribution in [2.24, 2.45) is 11.5 Å². The Labute approximate surface area is 167 Å². The molecule has 0 aromatic heterocycles. The highest BCUT2D eigenvalue weighted by molar-refractivity contribution is 5.93. The molecule has 0 fully saturated rings. The van der Waals surface area contributed by atoms with Crippen LogP contribution in [0.2, 0.25) is 0 Å². The molecule has 3 amide bonds. The van der Waals surface area contributed by atoms with Crippen LogP contribution in [0.25, 0.3) is 0 Å². The van der Waals surface area contributed by atoms with Crippen molar-refractivity contribution < 1.29 is 39.3 Å². The van der Waals surface area contributed by atoms with Gasteiger partial charge in [-0.2, -0.15) is 0 Å². The van der Waals surface area contributed by atoms with E-state index in [2.05, 4.69) is 10.6 Å². The molecule has 0 bridgehead atoms. The van der Waals surface area contributed by atoms with Crippen LogP contribution in [-0.2, 0) is 24.0 Å². The molecule has 0 spiro atoms. The fourth-order valence-electron chi connectivity index (χ4n) is 2.21. The van der Waals surface area contributed by atoms with Crippen molar-refractivity contribution in [1.82, 2.24) is 16.0 Å². The molecule has 0 aromatic rings. The molecule has 0 aliphatic rings. The lowest BCUT2D eigenvalue weighted by Gasteiger charge is -2.22. The maximum absolute atomic E-state index is 12.3. The first-order chi connectivity index (χ1) is 13.6. The monoisotopic (exact) mass is 419 g/mol. The Morgan fingerprint density at radius 2 is 1.45 bits per heavy atom. The van der Waals surface area contributed by atoms with E-state index in [0.717, 1.165) is 0 Å². The Morgan fingerprint density at radius 1 is 0.828 bits per heavy atom. The van der Waals surface area contributed by atoms with E-state index in [4.69, 9.17) is 21.7 Å². The maximum Gasteiger partial charge on any atom is 0.322 e. The average Bonchev–Trinajstić information content (AvgIpc) is 2.66. The largest absolute Gasteiger partial charge is 0.481 e. The summed E-state index contributed by atoms with van der Waals surface area (Å²) < 4.78 is 0. The molecule has 13 heteroatoms. The molecule has 0 aromatic carbocycles. The van der Waals surface area contributed by atoms with Crippen LogP contribution in [0.1, 0.15) is 32.1 Å². The normalized spacial score (nSPS) is 13.6. The van der Waals surface area contributed by atoms with E-state index in [-0.39, 0.29) is 6.42 Å². The first-order valence-corrected chi connectivity index (χ1v) is 9.00. The molecule has 0 aliphatic carbocycles. The number of carbonyl (C=O) groups is 5. The summed E-state index contributed by atoms with van der Waals surface area (Å²) in [4.78, 5) is 57.7. The number of aliphatic carboxylic acids is 2. The quantitative estimate of drug-likeness (QED) is 0.122. The van der Waals surface area contributed by atoms with E-state index in [0.29, 0.717) is 25.8 Å². The number of amides is 3. The summed E-state index contributed by atoms with van der Waals surface area (Å²) >= 11 is 0. The van der Waals surface area contributed by atoms with Gasteiger partial charge in [0, 0.05) is 6.42 Å². The van der Waals surface area contributed by atoms with E-state index < -0.39 is 67.4 Å². The fourth-order valence-corrected chi connectivity index (χ4v) is 2.21. The van der Waals surface area contributed by atoms with Crippen LogP contribution < -0.4 is 27.4 Å². The van der Waals surface area contributed by atoms with Crippen molar-refractivity contribution in [1.29, 1.82) is 0 Å². The number of hydrogen-bond donors (Lipinski definition) is 8. The molecule has 10 N–H and O–H groups in total. The maximum atomic E-state index is 12.3. The fraction of sp³-hybridized carbons (Fsp3) is 0.688. The van der Waals surface area contributed by atoms with Gasteiger partial charge >= 0.3 is 11.9 Å². The Bertz CT molecular complexity index is 586. The third kappa shape index (κ3) is 11.6. The second-order valence-electron chi connectivity index (χ2n) is 6.24. The molecule has 0 aliphatic heterocycles. The summed E-state index contributed by atoms with van der Waals surface area (Å²) in [6.07, 6.45) is 0.788. The van der Waals surface area contributed by atoms with E-state index in [1.165, 1.54) is 0 Å². The number of aliphatic hydroxyl groups is 1. The molecule has 0 heterocycles. The van der Waals surface area contributed by atoms with Crippen molar-refractivity contribution in [2.45, 2.75) is 50.2 Å². The topological polar surface area (TPSA) is 234 Å². The Balaban J connectivity index is 4.93. The van der Waals surface area contributed by atoms with Gasteiger partial charge in [-0.15, -0.1) is 0 Å². The second kappa shape index (κ2) is 14.3. The summed E-state index contributed by atoms with van der Waals surface area (Å²) in [5.74, 6) is -5.11. The number of aliphatic hydroxyl groups excluding tert-OH is 1. The standard InChI is InChI=1S/C16H29N5O8/c17-6-2-1-3-9(18)14(27)21-11(8-22)16(29)20-10(4-5-12(23)24)15(28)19-7-13(25)26/h9-11,22H,1-8,17-18H2,(H,19,28)(H,20,29)(H,21,27)(H,23,24)(H,25,26). The third-order valence-corrected chi connectivity index (χ3v) is 3.82. The predicted molar refractivity (Wildman–Crippen MR) is 99.3 cm³/mol. The highest BCUT2D eigenvalue weighted by Crippen LogP contribution is 2.01. The number of nitrogens with two attached hydrogens (primary N) is 2. The van der Waals surface area contributed by atoms with Gasteiger partial charge in [-0.1, -0.05) is 6.42 Å². The van der Waals surface area contributed by atoms with Crippen LogP contribution in [0.4, 0.5) is 0 Å². The zero-order chi connectivity index (χ0) is 22.4. The van der Waals surface area contributed by atoms with Gasteiger partial charge in [-0.25, -0.2) is 0 Å². The summed E-state index contributed by atoms with van der Waals surface area (Å²) in [7, 11) is 0. The Hall–Kier alpha value is -2.77. The molecule has 0 saturated carbocycles. The minimum absolute atomic E-state index is 0.321. The smallest absolute Gasteiger partial charge is 0.322 e. The van der Waals surface area contributed by atoms with Crippen molar-refractivity contribution >= 4 is 29.7 Å².